The highest BCUT2D eigenvalue weighted by molar-refractivity contribution is 6.10. The molecule has 0 unspecified atom stereocenters. The summed E-state index contributed by atoms with van der Waals surface area (Å²) in [6.07, 6.45) is -2.75. The van der Waals surface area contributed by atoms with Gasteiger partial charge in [-0.15, -0.1) is 0 Å². The zero-order valence-electron chi connectivity index (χ0n) is 76.3. The van der Waals surface area contributed by atoms with Crippen molar-refractivity contribution in [3.8, 4) is 68.5 Å². The number of nitrogens with one attached hydrogen (secondary N) is 2. The average Bonchev–Trinajstić information content (AvgIpc) is 1.59. The zero-order chi connectivity index (χ0) is 89.7. The monoisotopic (exact) mass is 1800 g/mol. The van der Waals surface area contributed by atoms with Crippen molar-refractivity contribution in [3.63, 3.8) is 0 Å². The Kier molecular flexibility index (Phi) is 53.0. The molecule has 0 aliphatic carbocycles. The summed E-state index contributed by atoms with van der Waals surface area (Å²) in [5.74, 6) is 2.58. The molecule has 0 saturated carbocycles. The van der Waals surface area contributed by atoms with Crippen molar-refractivity contribution in [1.29, 1.82) is 0 Å². The highest BCUT2D eigenvalue weighted by Gasteiger charge is 2.31. The van der Waals surface area contributed by atoms with Gasteiger partial charge in [0.2, 0.25) is 0 Å². The molecule has 0 saturated heterocycles. The molecule has 2 aliphatic rings. The Balaban J connectivity index is 1.25. The van der Waals surface area contributed by atoms with Crippen LogP contribution in [0, 0.1) is 0 Å². The highest BCUT2D eigenvalue weighted by Crippen LogP contribution is 2.45. The molecule has 36 nitrogen and oxygen atoms in total. The lowest BCUT2D eigenvalue weighted by Gasteiger charge is -2.21. The molecule has 0 fully saturated rings. The van der Waals surface area contributed by atoms with Crippen LogP contribution in [0.2, 0.25) is 0 Å². The van der Waals surface area contributed by atoms with Gasteiger partial charge >= 0.3 is 0 Å². The normalized spacial score (nSPS) is 12.1. The van der Waals surface area contributed by atoms with Crippen LogP contribution in [-0.2, 0) is 114 Å². The first kappa shape index (κ1) is 104. The van der Waals surface area contributed by atoms with Crippen LogP contribution in [0.25, 0.3) is 89.7 Å². The third kappa shape index (κ3) is 37.6. The van der Waals surface area contributed by atoms with Crippen LogP contribution in [0.1, 0.15) is 55.4 Å². The van der Waals surface area contributed by atoms with Gasteiger partial charge in [0.05, 0.1) is 286 Å². The summed E-state index contributed by atoms with van der Waals surface area (Å²) in [7, 11) is 0. The van der Waals surface area contributed by atoms with Gasteiger partial charge in [0, 0.05) is 74.8 Å². The summed E-state index contributed by atoms with van der Waals surface area (Å²) in [5.41, 5.74) is 3.45. The van der Waals surface area contributed by atoms with Crippen LogP contribution in [0.3, 0.4) is 0 Å². The Morgan fingerprint density at radius 3 is 0.633 bits per heavy atom. The minimum atomic E-state index is -0.689. The third-order valence-corrected chi connectivity index (χ3v) is 19.0. The topological polar surface area (TPSA) is 367 Å². The predicted molar refractivity (Wildman–Crippen MR) is 479 cm³/mol. The number of aromatic nitrogens is 8. The van der Waals surface area contributed by atoms with Crippen molar-refractivity contribution < 1.29 is 133 Å². The molecule has 4 aromatic carbocycles. The lowest BCUT2D eigenvalue weighted by atomic mass is 10.1. The van der Waals surface area contributed by atoms with Gasteiger partial charge in [-0.05, 0) is 79.7 Å². The molecule has 3 aromatic heterocycles. The van der Waals surface area contributed by atoms with E-state index in [0.29, 0.717) is 301 Å². The van der Waals surface area contributed by atoms with Crippen LogP contribution >= 0.6 is 0 Å². The van der Waals surface area contributed by atoms with Gasteiger partial charge in [-0.1, -0.05) is 48.5 Å². The van der Waals surface area contributed by atoms with Crippen molar-refractivity contribution >= 4 is 44.1 Å². The molecule has 5 heterocycles. The molecule has 36 heteroatoms. The van der Waals surface area contributed by atoms with Gasteiger partial charge in [-0.3, -0.25) is 0 Å². The molecule has 2 aliphatic heterocycles. The summed E-state index contributed by atoms with van der Waals surface area (Å²) >= 11 is 0. The number of aromatic amines is 2. The molecular formula is C92H138N8O28. The first-order valence-electron chi connectivity index (χ1n) is 45.2. The Labute approximate surface area is 751 Å². The van der Waals surface area contributed by atoms with E-state index in [0.717, 1.165) is 0 Å². The number of hydrogen-bond acceptors (Lipinski definition) is 34. The Morgan fingerprint density at radius 1 is 0.203 bits per heavy atom. The molecule has 9 rings (SSSR count). The maximum Gasteiger partial charge on any atom is 0.168 e. The molecule has 8 bridgehead atoms. The molecule has 128 heavy (non-hydrogen) atoms. The Hall–Kier alpha value is -7.52. The number of H-pyrrole nitrogens is 2. The quantitative estimate of drug-likeness (QED) is 0.0334. The van der Waals surface area contributed by atoms with E-state index in [-0.39, 0.29) is 129 Å². The number of rotatable bonds is 80. The number of nitrogens with zero attached hydrogens (tertiary/aromatic N) is 6. The van der Waals surface area contributed by atoms with Crippen LogP contribution in [0.15, 0.2) is 72.8 Å². The summed E-state index contributed by atoms with van der Waals surface area (Å²) < 4.78 is 170. The molecule has 714 valence electrons. The molecular weight excluding hydrogens is 1670 g/mol. The van der Waals surface area contributed by atoms with Crippen LogP contribution < -0.4 is 18.9 Å². The van der Waals surface area contributed by atoms with E-state index >= 15 is 0 Å². The van der Waals surface area contributed by atoms with Gasteiger partial charge in [-0.25, -0.2) is 29.9 Å². The number of fused-ring (bicyclic) bond motifs is 20. The maximum atomic E-state index is 7.15. The number of benzene rings is 4. The van der Waals surface area contributed by atoms with E-state index < -0.39 is 24.4 Å². The van der Waals surface area contributed by atoms with Crippen molar-refractivity contribution in [2.45, 2.75) is 79.8 Å². The van der Waals surface area contributed by atoms with Gasteiger partial charge in [-0.2, -0.15) is 0 Å². The summed E-state index contributed by atoms with van der Waals surface area (Å²) in [6.45, 7) is 32.9. The SMILES string of the molecule is CCOCCOCCOCC(COCCOCCOCC)Oc1cccc2c1-c1nc-2nc2[nH]c(nc3nc(nc4[nH]c(n1)c1cccc(OC(COCCOCCOCC)COCCOCCOCC)c41)-c1cccc(OC(COCCOCCOCC)COCCOCCOCC)c1-3)c1cccc(OC(COCCOCCOCC)COCCOCCOCC)c21. The predicted octanol–water partition coefficient (Wildman–Crippen LogP) is 10.4. The minimum absolute atomic E-state index is 0.108. The summed E-state index contributed by atoms with van der Waals surface area (Å²) in [6, 6.07) is 22.7. The van der Waals surface area contributed by atoms with E-state index in [1.165, 1.54) is 0 Å². The van der Waals surface area contributed by atoms with E-state index in [1.54, 1.807) is 0 Å². The lowest BCUT2D eigenvalue weighted by Crippen LogP contribution is -2.30. The second-order valence-electron chi connectivity index (χ2n) is 28.4. The fourth-order valence-corrected chi connectivity index (χ4v) is 13.0. The van der Waals surface area contributed by atoms with Crippen molar-refractivity contribution in [3.05, 3.63) is 72.8 Å². The molecule has 0 amide bonds. The fourth-order valence-electron chi connectivity index (χ4n) is 13.0. The largest absolute Gasteiger partial charge is 0.485 e. The number of ether oxygens (including phenoxy) is 28. The highest BCUT2D eigenvalue weighted by atomic mass is 16.6. The number of hydrogen-bond donors (Lipinski definition) is 2. The second-order valence-corrected chi connectivity index (χ2v) is 28.4. The fraction of sp³-hybridized carbons (Fsp3) is 0.652. The third-order valence-electron chi connectivity index (χ3n) is 19.0. The van der Waals surface area contributed by atoms with Gasteiger partial charge in [0.25, 0.3) is 0 Å². The lowest BCUT2D eigenvalue weighted by molar-refractivity contribution is -0.0383. The smallest absolute Gasteiger partial charge is 0.168 e. The molecule has 0 radical (unpaired) electrons. The summed E-state index contributed by atoms with van der Waals surface area (Å²) in [5, 5.41) is 2.26. The van der Waals surface area contributed by atoms with Crippen LogP contribution in [0.4, 0.5) is 0 Å². The summed E-state index contributed by atoms with van der Waals surface area (Å²) in [4.78, 5) is 40.4. The standard InChI is InChI=1S/C92H138N8O28/c1-9-101-29-37-109-45-53-117-61-69(62-118-54-46-110-38-30-102-10-2)125-77-25-17-21-73-81(77)89-93-85(73)98-90-83-75(23-19-27-79(83)127-71(65-121-57-49-113-41-33-105-13-5)66-122-58-50-114-42-34-106-14-6)87(95-90)100-92-84-76(24-20-28-80(84)128-72(67-123-59-51-115-43-35-107-15-7)68-124-60-52-116-44-36-108-16-8)88(96-92)99-91-82-74(86(94-91)97-89)22-18-26-78(82)126-70(63-119-55-47-111-39-31-103-11-3)64-120-56-48-112-40-32-104-12-4/h17-28,69-72H,9-16,29-68H2,1-8H3,(H2,93,94,95,96,97,98,99,100). The first-order valence-corrected chi connectivity index (χ1v) is 45.2. The molecule has 2 N–H and O–H groups in total. The van der Waals surface area contributed by atoms with Crippen LogP contribution in [0.5, 0.6) is 23.0 Å². The molecule has 0 atom stereocenters. The first-order chi connectivity index (χ1) is 63.3. The molecule has 0 spiro atoms. The Bertz CT molecular complexity index is 3940. The maximum absolute atomic E-state index is 7.15. The minimum Gasteiger partial charge on any atom is -0.485 e. The average molecular weight is 1800 g/mol. The van der Waals surface area contributed by atoms with Crippen molar-refractivity contribution in [1.82, 2.24) is 39.9 Å². The van der Waals surface area contributed by atoms with E-state index in [2.05, 4.69) is 9.97 Å². The van der Waals surface area contributed by atoms with E-state index in [4.69, 9.17) is 163 Å². The zero-order valence-corrected chi connectivity index (χ0v) is 76.3. The van der Waals surface area contributed by atoms with Crippen molar-refractivity contribution in [2.24, 2.45) is 0 Å². The molecule has 7 aromatic rings. The van der Waals surface area contributed by atoms with Crippen LogP contribution in [-0.4, -0.2) is 381 Å². The van der Waals surface area contributed by atoms with E-state index in [9.17, 15) is 0 Å². The second kappa shape index (κ2) is 65.1. The van der Waals surface area contributed by atoms with E-state index in [1.807, 2.05) is 128 Å². The van der Waals surface area contributed by atoms with Gasteiger partial charge in [0.15, 0.2) is 23.3 Å². The Morgan fingerprint density at radius 2 is 0.398 bits per heavy atom. The van der Waals surface area contributed by atoms with Gasteiger partial charge < -0.3 is 143 Å². The van der Waals surface area contributed by atoms with Crippen molar-refractivity contribution in [2.75, 3.05) is 317 Å². The van der Waals surface area contributed by atoms with Gasteiger partial charge in [0.1, 0.15) is 70.0 Å².